The molecule has 29 heavy (non-hydrogen) atoms. The lowest BCUT2D eigenvalue weighted by Crippen LogP contribution is -2.32. The highest BCUT2D eigenvalue weighted by molar-refractivity contribution is 5.80. The maximum absolute atomic E-state index is 12.7. The summed E-state index contributed by atoms with van der Waals surface area (Å²) < 4.78 is 21.9. The molecule has 1 aliphatic rings. The third-order valence-electron chi connectivity index (χ3n) is 4.59. The molecule has 0 bridgehead atoms. The molecule has 0 saturated carbocycles. The Morgan fingerprint density at radius 3 is 2.00 bits per heavy atom. The van der Waals surface area contributed by atoms with Crippen LogP contribution in [0.5, 0.6) is 0 Å². The summed E-state index contributed by atoms with van der Waals surface area (Å²) in [5.41, 5.74) is 1.78. The molecule has 0 N–H and O–H groups in total. The summed E-state index contributed by atoms with van der Waals surface area (Å²) in [5.74, 6) is -1.60. The van der Waals surface area contributed by atoms with E-state index in [0.29, 0.717) is 13.2 Å². The number of hydrogen-bond donors (Lipinski definition) is 0. The largest absolute Gasteiger partial charge is 0.461 e. The Balaban J connectivity index is 1.55. The van der Waals surface area contributed by atoms with E-state index >= 15 is 0 Å². The fourth-order valence-electron chi connectivity index (χ4n) is 3.01. The van der Waals surface area contributed by atoms with Crippen molar-refractivity contribution in [3.05, 3.63) is 71.8 Å². The Morgan fingerprint density at radius 1 is 0.862 bits per heavy atom. The van der Waals surface area contributed by atoms with Gasteiger partial charge in [-0.2, -0.15) is 0 Å². The van der Waals surface area contributed by atoms with Crippen LogP contribution >= 0.6 is 0 Å². The fraction of sp³-hybridized carbons (Fsp3) is 0.391. The van der Waals surface area contributed by atoms with Crippen molar-refractivity contribution in [3.63, 3.8) is 0 Å². The third kappa shape index (κ3) is 7.33. The molecule has 1 saturated heterocycles. The minimum absolute atomic E-state index is 0.0797. The maximum atomic E-state index is 12.7. The summed E-state index contributed by atoms with van der Waals surface area (Å²) in [5, 5.41) is 0. The van der Waals surface area contributed by atoms with E-state index in [2.05, 4.69) is 0 Å². The van der Waals surface area contributed by atoms with E-state index in [9.17, 15) is 9.59 Å². The van der Waals surface area contributed by atoms with Crippen molar-refractivity contribution in [3.8, 4) is 0 Å². The van der Waals surface area contributed by atoms with Crippen molar-refractivity contribution >= 4 is 11.9 Å². The quantitative estimate of drug-likeness (QED) is 0.601. The Bertz CT molecular complexity index is 755. The molecule has 0 unspecified atom stereocenters. The molecule has 1 heterocycles. The van der Waals surface area contributed by atoms with E-state index in [0.717, 1.165) is 17.5 Å². The van der Waals surface area contributed by atoms with Gasteiger partial charge in [0.05, 0.1) is 25.6 Å². The van der Waals surface area contributed by atoms with Crippen LogP contribution in [0, 0.1) is 5.92 Å². The number of carbonyl (C=O) groups excluding carboxylic acids is 2. The molecule has 0 radical (unpaired) electrons. The van der Waals surface area contributed by atoms with Crippen LogP contribution in [0.25, 0.3) is 0 Å². The van der Waals surface area contributed by atoms with Crippen molar-refractivity contribution in [1.82, 2.24) is 0 Å². The monoisotopic (exact) mass is 398 g/mol. The van der Waals surface area contributed by atoms with Crippen LogP contribution in [0.4, 0.5) is 0 Å². The summed E-state index contributed by atoms with van der Waals surface area (Å²) in [6.07, 6.45) is 0.483. The maximum Gasteiger partial charge on any atom is 0.310 e. The average molecular weight is 398 g/mol. The summed E-state index contributed by atoms with van der Waals surface area (Å²) in [6, 6.07) is 18.8. The van der Waals surface area contributed by atoms with Gasteiger partial charge in [0.25, 0.3) is 0 Å². The van der Waals surface area contributed by atoms with Gasteiger partial charge in [0.15, 0.2) is 6.29 Å². The first-order valence-corrected chi connectivity index (χ1v) is 9.84. The van der Waals surface area contributed by atoms with Crippen molar-refractivity contribution < 1.29 is 28.5 Å². The van der Waals surface area contributed by atoms with Crippen LogP contribution in [0.15, 0.2) is 60.7 Å². The van der Waals surface area contributed by atoms with Crippen molar-refractivity contribution in [2.75, 3.05) is 13.2 Å². The lowest BCUT2D eigenvalue weighted by molar-refractivity contribution is -0.193. The van der Waals surface area contributed by atoms with Crippen LogP contribution in [0.2, 0.25) is 0 Å². The fourth-order valence-corrected chi connectivity index (χ4v) is 3.01. The van der Waals surface area contributed by atoms with Gasteiger partial charge in [-0.05, 0) is 17.5 Å². The summed E-state index contributed by atoms with van der Waals surface area (Å²) in [7, 11) is 0. The molecule has 2 aromatic rings. The lowest BCUT2D eigenvalue weighted by Gasteiger charge is -2.26. The predicted molar refractivity (Wildman–Crippen MR) is 106 cm³/mol. The highest BCUT2D eigenvalue weighted by Crippen LogP contribution is 2.21. The molecule has 1 atom stereocenters. The Kier molecular flexibility index (Phi) is 8.22. The van der Waals surface area contributed by atoms with Gasteiger partial charge in [-0.15, -0.1) is 0 Å². The van der Waals surface area contributed by atoms with Crippen molar-refractivity contribution in [2.45, 2.75) is 38.8 Å². The lowest BCUT2D eigenvalue weighted by atomic mass is 10.0. The van der Waals surface area contributed by atoms with E-state index in [1.165, 1.54) is 0 Å². The predicted octanol–water partition coefficient (Wildman–Crippen LogP) is 3.63. The number of hydrogen-bond acceptors (Lipinski definition) is 6. The third-order valence-corrected chi connectivity index (χ3v) is 4.59. The van der Waals surface area contributed by atoms with Crippen LogP contribution in [-0.4, -0.2) is 31.4 Å². The Labute approximate surface area is 170 Å². The van der Waals surface area contributed by atoms with Gasteiger partial charge in [-0.1, -0.05) is 60.7 Å². The zero-order valence-corrected chi connectivity index (χ0v) is 16.3. The van der Waals surface area contributed by atoms with Crippen LogP contribution in [0.3, 0.4) is 0 Å². The van der Waals surface area contributed by atoms with Gasteiger partial charge in [-0.3, -0.25) is 9.59 Å². The molecule has 0 aromatic heterocycles. The first-order chi connectivity index (χ1) is 14.2. The second-order valence-corrected chi connectivity index (χ2v) is 6.90. The molecule has 0 amide bonds. The van der Waals surface area contributed by atoms with E-state index in [4.69, 9.17) is 18.9 Å². The van der Waals surface area contributed by atoms with E-state index in [1.54, 1.807) is 0 Å². The minimum Gasteiger partial charge on any atom is -0.461 e. The molecule has 154 valence electrons. The Morgan fingerprint density at radius 2 is 1.41 bits per heavy atom. The Hall–Kier alpha value is -2.70. The molecule has 2 aromatic carbocycles. The smallest absolute Gasteiger partial charge is 0.310 e. The number of rotatable bonds is 9. The SMILES string of the molecule is O=C(C[C@@H](CC1OCCCO1)C(=O)OCc1ccccc1)OCc1ccccc1. The van der Waals surface area contributed by atoms with E-state index in [-0.39, 0.29) is 26.1 Å². The average Bonchev–Trinajstić information content (AvgIpc) is 2.78. The van der Waals surface area contributed by atoms with Crippen LogP contribution < -0.4 is 0 Å². The van der Waals surface area contributed by atoms with Gasteiger partial charge in [0.1, 0.15) is 13.2 Å². The van der Waals surface area contributed by atoms with Gasteiger partial charge in [0.2, 0.25) is 0 Å². The summed E-state index contributed by atoms with van der Waals surface area (Å²) in [4.78, 5) is 25.0. The van der Waals surface area contributed by atoms with Crippen LogP contribution in [0.1, 0.15) is 30.4 Å². The molecule has 0 aliphatic carbocycles. The summed E-state index contributed by atoms with van der Waals surface area (Å²) >= 11 is 0. The second kappa shape index (κ2) is 11.3. The molecule has 3 rings (SSSR count). The van der Waals surface area contributed by atoms with E-state index in [1.807, 2.05) is 60.7 Å². The number of carbonyl (C=O) groups is 2. The van der Waals surface area contributed by atoms with E-state index < -0.39 is 24.1 Å². The highest BCUT2D eigenvalue weighted by atomic mass is 16.7. The normalized spacial score (nSPS) is 15.4. The zero-order chi connectivity index (χ0) is 20.3. The van der Waals surface area contributed by atoms with Gasteiger partial charge in [0, 0.05) is 6.42 Å². The number of benzene rings is 2. The topological polar surface area (TPSA) is 71.1 Å². The standard InChI is InChI=1S/C23H26O6/c24-21(28-16-18-8-3-1-4-9-18)14-20(15-22-26-12-7-13-27-22)23(25)29-17-19-10-5-2-6-11-19/h1-6,8-11,20,22H,7,12-17H2/t20-/m0/s1. The molecule has 0 spiro atoms. The first-order valence-electron chi connectivity index (χ1n) is 9.84. The molecule has 6 nitrogen and oxygen atoms in total. The number of ether oxygens (including phenoxy) is 4. The molecular weight excluding hydrogens is 372 g/mol. The molecule has 1 aliphatic heterocycles. The van der Waals surface area contributed by atoms with Crippen LogP contribution in [-0.2, 0) is 41.8 Å². The summed E-state index contributed by atoms with van der Waals surface area (Å²) in [6.45, 7) is 1.48. The minimum atomic E-state index is -0.690. The van der Waals surface area contributed by atoms with Gasteiger partial charge >= 0.3 is 11.9 Å². The first kappa shape index (κ1) is 21.0. The van der Waals surface area contributed by atoms with Crippen molar-refractivity contribution in [1.29, 1.82) is 0 Å². The van der Waals surface area contributed by atoms with Gasteiger partial charge < -0.3 is 18.9 Å². The van der Waals surface area contributed by atoms with Crippen molar-refractivity contribution in [2.24, 2.45) is 5.92 Å². The molecular formula is C23H26O6. The molecule has 1 fully saturated rings. The van der Waals surface area contributed by atoms with Gasteiger partial charge in [-0.25, -0.2) is 0 Å². The number of esters is 2. The molecule has 6 heteroatoms. The second-order valence-electron chi connectivity index (χ2n) is 6.90. The highest BCUT2D eigenvalue weighted by Gasteiger charge is 2.29. The zero-order valence-electron chi connectivity index (χ0n) is 16.3.